The van der Waals surface area contributed by atoms with E-state index < -0.39 is 36.9 Å². The van der Waals surface area contributed by atoms with E-state index >= 15 is 0 Å². The normalized spacial score (nSPS) is 32.9. The smallest absolute Gasteiger partial charge is 0.284 e. The van der Waals surface area contributed by atoms with Gasteiger partial charge in [0.2, 0.25) is 0 Å². The minimum Gasteiger partial charge on any atom is -0.453 e. The van der Waals surface area contributed by atoms with Gasteiger partial charge in [-0.1, -0.05) is 0 Å². The molecule has 5 N–H and O–H groups in total. The average molecular weight is 243 g/mol. The maximum absolute atomic E-state index is 10.8. The van der Waals surface area contributed by atoms with Crippen LogP contribution in [0.3, 0.4) is 0 Å². The molecule has 2 rings (SSSR count). The Morgan fingerprint density at radius 1 is 1.35 bits per heavy atom. The van der Waals surface area contributed by atoms with Gasteiger partial charge in [-0.25, -0.2) is 0 Å². The summed E-state index contributed by atoms with van der Waals surface area (Å²) in [4.78, 5) is 10.8. The average Bonchev–Trinajstić information content (AvgIpc) is 2.87. The second-order valence-corrected chi connectivity index (χ2v) is 3.83. The molecule has 17 heavy (non-hydrogen) atoms. The third-order valence-corrected chi connectivity index (χ3v) is 2.69. The first-order valence-corrected chi connectivity index (χ1v) is 5.06. The molecule has 7 heteroatoms. The van der Waals surface area contributed by atoms with Crippen LogP contribution in [0.25, 0.3) is 0 Å². The highest BCUT2D eigenvalue weighted by Crippen LogP contribution is 2.34. The van der Waals surface area contributed by atoms with Crippen molar-refractivity contribution in [1.82, 2.24) is 0 Å². The second-order valence-electron chi connectivity index (χ2n) is 3.83. The lowest BCUT2D eigenvalue weighted by molar-refractivity contribution is -0.0292. The Labute approximate surface area is 96.4 Å². The van der Waals surface area contributed by atoms with E-state index in [1.54, 1.807) is 0 Å². The third kappa shape index (κ3) is 2.05. The molecule has 1 aliphatic heterocycles. The van der Waals surface area contributed by atoms with Crippen LogP contribution in [0.1, 0.15) is 22.4 Å². The molecular weight excluding hydrogens is 230 g/mol. The summed E-state index contributed by atoms with van der Waals surface area (Å²) in [7, 11) is 0. The van der Waals surface area contributed by atoms with E-state index in [0.29, 0.717) is 0 Å². The molecule has 0 radical (unpaired) electrons. The van der Waals surface area contributed by atoms with Crippen molar-refractivity contribution in [1.29, 1.82) is 0 Å². The maximum atomic E-state index is 10.8. The summed E-state index contributed by atoms with van der Waals surface area (Å²) in [5.74, 6) is -0.609. The second kappa shape index (κ2) is 4.46. The molecule has 0 bridgehead atoms. The van der Waals surface area contributed by atoms with Gasteiger partial charge < -0.3 is 30.2 Å². The summed E-state index contributed by atoms with van der Waals surface area (Å²) in [6, 6.07) is 2.78. The molecule has 0 spiro atoms. The molecule has 1 aliphatic rings. The van der Waals surface area contributed by atoms with Crippen molar-refractivity contribution in [2.45, 2.75) is 24.4 Å². The first kappa shape index (κ1) is 12.1. The summed E-state index contributed by atoms with van der Waals surface area (Å²) >= 11 is 0. The Hall–Kier alpha value is -1.41. The summed E-state index contributed by atoms with van der Waals surface area (Å²) in [5, 5.41) is 28.1. The van der Waals surface area contributed by atoms with Gasteiger partial charge in [0.15, 0.2) is 5.76 Å². The number of ether oxygens (including phenoxy) is 1. The van der Waals surface area contributed by atoms with E-state index in [-0.39, 0.29) is 11.5 Å². The van der Waals surface area contributed by atoms with E-state index in [2.05, 4.69) is 0 Å². The predicted molar refractivity (Wildman–Crippen MR) is 53.9 cm³/mol. The fourth-order valence-electron chi connectivity index (χ4n) is 1.77. The summed E-state index contributed by atoms with van der Waals surface area (Å²) in [6.07, 6.45) is -4.22. The third-order valence-electron chi connectivity index (χ3n) is 2.69. The van der Waals surface area contributed by atoms with E-state index in [9.17, 15) is 15.0 Å². The largest absolute Gasteiger partial charge is 0.453 e. The van der Waals surface area contributed by atoms with E-state index in [4.69, 9.17) is 20.0 Å². The SMILES string of the molecule is NC(=O)c1ccc([C@H]2O[C@H](CO)[C@@H](O)[C@H]2O)o1. The predicted octanol–water partition coefficient (Wildman–Crippen LogP) is -1.47. The van der Waals surface area contributed by atoms with Crippen LogP contribution < -0.4 is 5.73 Å². The standard InChI is InChI=1S/C10H13NO6/c11-10(15)5-2-1-4(16-5)9-8(14)7(13)6(3-12)17-9/h1-2,6-9,12-14H,3H2,(H2,11,15)/t6-,7-,8-,9-/m1/s1. The van der Waals surface area contributed by atoms with Crippen LogP contribution in [0.5, 0.6) is 0 Å². The number of aliphatic hydroxyl groups is 3. The van der Waals surface area contributed by atoms with Gasteiger partial charge in [0.05, 0.1) is 6.61 Å². The Kier molecular flexibility index (Phi) is 3.16. The number of rotatable bonds is 3. The Morgan fingerprint density at radius 2 is 2.06 bits per heavy atom. The summed E-state index contributed by atoms with van der Waals surface area (Å²) in [5.41, 5.74) is 5.02. The molecule has 0 unspecified atom stereocenters. The van der Waals surface area contributed by atoms with Gasteiger partial charge in [-0.05, 0) is 12.1 Å². The molecule has 94 valence electrons. The van der Waals surface area contributed by atoms with Crippen molar-refractivity contribution >= 4 is 5.91 Å². The lowest BCUT2D eigenvalue weighted by Gasteiger charge is -2.11. The zero-order valence-electron chi connectivity index (χ0n) is 8.81. The number of hydrogen-bond donors (Lipinski definition) is 4. The Morgan fingerprint density at radius 3 is 2.53 bits per heavy atom. The van der Waals surface area contributed by atoms with Gasteiger partial charge in [-0.15, -0.1) is 0 Å². The fourth-order valence-corrected chi connectivity index (χ4v) is 1.77. The molecule has 0 aromatic carbocycles. The molecule has 1 aromatic heterocycles. The van der Waals surface area contributed by atoms with Gasteiger partial charge >= 0.3 is 0 Å². The minimum atomic E-state index is -1.22. The molecule has 4 atom stereocenters. The van der Waals surface area contributed by atoms with Gasteiger partial charge in [0.1, 0.15) is 30.2 Å². The lowest BCUT2D eigenvalue weighted by Crippen LogP contribution is -2.32. The topological polar surface area (TPSA) is 126 Å². The number of furan rings is 1. The van der Waals surface area contributed by atoms with Crippen LogP contribution in [0.15, 0.2) is 16.5 Å². The van der Waals surface area contributed by atoms with Crippen LogP contribution in [0, 0.1) is 0 Å². The first-order valence-electron chi connectivity index (χ1n) is 5.06. The highest BCUT2D eigenvalue weighted by molar-refractivity contribution is 5.89. The van der Waals surface area contributed by atoms with Gasteiger partial charge in [0.25, 0.3) is 5.91 Å². The van der Waals surface area contributed by atoms with Crippen molar-refractivity contribution in [3.63, 3.8) is 0 Å². The molecule has 1 amide bonds. The number of hydrogen-bond acceptors (Lipinski definition) is 6. The lowest BCUT2D eigenvalue weighted by atomic mass is 10.1. The zero-order chi connectivity index (χ0) is 12.6. The van der Waals surface area contributed by atoms with Crippen molar-refractivity contribution in [3.8, 4) is 0 Å². The van der Waals surface area contributed by atoms with Crippen LogP contribution >= 0.6 is 0 Å². The van der Waals surface area contributed by atoms with Crippen molar-refractivity contribution in [3.05, 3.63) is 23.7 Å². The Bertz CT molecular complexity index is 417. The van der Waals surface area contributed by atoms with E-state index in [1.807, 2.05) is 0 Å². The van der Waals surface area contributed by atoms with Crippen LogP contribution in [0.2, 0.25) is 0 Å². The molecule has 0 aliphatic carbocycles. The first-order chi connectivity index (χ1) is 8.04. The highest BCUT2D eigenvalue weighted by atomic mass is 16.6. The maximum Gasteiger partial charge on any atom is 0.284 e. The highest BCUT2D eigenvalue weighted by Gasteiger charge is 2.44. The number of carbonyl (C=O) groups excluding carboxylic acids is 1. The molecule has 0 saturated carbocycles. The summed E-state index contributed by atoms with van der Waals surface area (Å²) in [6.45, 7) is -0.419. The number of carbonyl (C=O) groups is 1. The van der Waals surface area contributed by atoms with Crippen LogP contribution in [0.4, 0.5) is 0 Å². The van der Waals surface area contributed by atoms with Gasteiger partial charge in [-0.2, -0.15) is 0 Å². The molecule has 1 fully saturated rings. The van der Waals surface area contributed by atoms with Gasteiger partial charge in [-0.3, -0.25) is 4.79 Å². The number of nitrogens with two attached hydrogens (primary N) is 1. The zero-order valence-corrected chi connectivity index (χ0v) is 8.81. The quantitative estimate of drug-likeness (QED) is 0.513. The van der Waals surface area contributed by atoms with Crippen molar-refractivity contribution < 1.29 is 29.3 Å². The number of amides is 1. The van der Waals surface area contributed by atoms with Crippen LogP contribution in [-0.4, -0.2) is 46.1 Å². The molecule has 1 saturated heterocycles. The van der Waals surface area contributed by atoms with Crippen molar-refractivity contribution in [2.75, 3.05) is 6.61 Å². The number of aliphatic hydroxyl groups excluding tert-OH is 3. The van der Waals surface area contributed by atoms with Crippen LogP contribution in [-0.2, 0) is 4.74 Å². The minimum absolute atomic E-state index is 0.0576. The molecule has 7 nitrogen and oxygen atoms in total. The van der Waals surface area contributed by atoms with E-state index in [1.165, 1.54) is 12.1 Å². The summed E-state index contributed by atoms with van der Waals surface area (Å²) < 4.78 is 10.3. The fraction of sp³-hybridized carbons (Fsp3) is 0.500. The number of primary amides is 1. The van der Waals surface area contributed by atoms with Gasteiger partial charge in [0, 0.05) is 0 Å². The van der Waals surface area contributed by atoms with Crippen molar-refractivity contribution in [2.24, 2.45) is 5.73 Å². The van der Waals surface area contributed by atoms with E-state index in [0.717, 1.165) is 0 Å². The molecule has 1 aromatic rings. The monoisotopic (exact) mass is 243 g/mol. The molecular formula is C10H13NO6. The Balaban J connectivity index is 2.19. The molecule has 2 heterocycles.